The molecule has 3 heteroatoms. The maximum atomic E-state index is 8.71. The molecule has 1 rings (SSSR count). The lowest BCUT2D eigenvalue weighted by Gasteiger charge is -2.17. The molecule has 0 aromatic carbocycles. The van der Waals surface area contributed by atoms with E-state index in [4.69, 9.17) is 5.26 Å². The van der Waals surface area contributed by atoms with Crippen molar-refractivity contribution in [1.29, 1.82) is 5.26 Å². The van der Waals surface area contributed by atoms with Gasteiger partial charge in [-0.15, -0.1) is 0 Å². The highest BCUT2D eigenvalue weighted by Crippen LogP contribution is 2.14. The summed E-state index contributed by atoms with van der Waals surface area (Å²) >= 11 is 0. The summed E-state index contributed by atoms with van der Waals surface area (Å²) in [6, 6.07) is 2.24. The molecule has 0 aromatic rings. The van der Waals surface area contributed by atoms with Gasteiger partial charge < -0.3 is 10.2 Å². The molecule has 1 saturated heterocycles. The largest absolute Gasteiger partial charge is 0.304 e. The smallest absolute Gasteiger partial charge is 0.108 e. The standard InChI is InChI=1S/C9H17N3/c1-8-3-4-12(6-8)7-9(5-10)11-2/h8-9,11H,3-4,6-7H2,1-2H3. The fourth-order valence-corrected chi connectivity index (χ4v) is 1.65. The van der Waals surface area contributed by atoms with E-state index in [0.717, 1.165) is 25.6 Å². The third-order valence-corrected chi connectivity index (χ3v) is 2.45. The van der Waals surface area contributed by atoms with Crippen LogP contribution in [0.25, 0.3) is 0 Å². The molecule has 1 fully saturated rings. The van der Waals surface area contributed by atoms with Gasteiger partial charge in [0, 0.05) is 13.1 Å². The Morgan fingerprint density at radius 3 is 2.92 bits per heavy atom. The Bertz CT molecular complexity index is 173. The third-order valence-electron chi connectivity index (χ3n) is 2.45. The Kier molecular flexibility index (Phi) is 3.51. The summed E-state index contributed by atoms with van der Waals surface area (Å²) < 4.78 is 0. The first-order chi connectivity index (χ1) is 5.76. The Morgan fingerprint density at radius 1 is 1.75 bits per heavy atom. The number of hydrogen-bond donors (Lipinski definition) is 1. The number of rotatable bonds is 3. The molecular formula is C9H17N3. The van der Waals surface area contributed by atoms with Gasteiger partial charge in [0.2, 0.25) is 0 Å². The molecule has 1 heterocycles. The van der Waals surface area contributed by atoms with Crippen molar-refractivity contribution in [2.45, 2.75) is 19.4 Å². The van der Waals surface area contributed by atoms with E-state index in [-0.39, 0.29) is 6.04 Å². The highest BCUT2D eigenvalue weighted by atomic mass is 15.2. The van der Waals surface area contributed by atoms with Crippen molar-refractivity contribution < 1.29 is 0 Å². The summed E-state index contributed by atoms with van der Waals surface area (Å²) in [6.45, 7) is 5.44. The summed E-state index contributed by atoms with van der Waals surface area (Å²) in [5.41, 5.74) is 0. The van der Waals surface area contributed by atoms with Crippen molar-refractivity contribution in [3.8, 4) is 6.07 Å². The molecule has 1 aliphatic rings. The van der Waals surface area contributed by atoms with Crippen LogP contribution in [-0.4, -0.2) is 37.6 Å². The van der Waals surface area contributed by atoms with E-state index < -0.39 is 0 Å². The minimum Gasteiger partial charge on any atom is -0.304 e. The average molecular weight is 167 g/mol. The van der Waals surface area contributed by atoms with Crippen LogP contribution in [0, 0.1) is 17.2 Å². The van der Waals surface area contributed by atoms with E-state index in [2.05, 4.69) is 23.2 Å². The molecule has 0 bridgehead atoms. The molecule has 0 saturated carbocycles. The van der Waals surface area contributed by atoms with E-state index in [1.165, 1.54) is 6.42 Å². The minimum atomic E-state index is -0.00435. The molecule has 1 N–H and O–H groups in total. The second-order valence-electron chi connectivity index (χ2n) is 3.62. The van der Waals surface area contributed by atoms with Crippen molar-refractivity contribution >= 4 is 0 Å². The third kappa shape index (κ3) is 2.47. The van der Waals surface area contributed by atoms with Crippen molar-refractivity contribution in [3.05, 3.63) is 0 Å². The van der Waals surface area contributed by atoms with Gasteiger partial charge >= 0.3 is 0 Å². The maximum Gasteiger partial charge on any atom is 0.108 e. The number of likely N-dealkylation sites (N-methyl/N-ethyl adjacent to an activating group) is 1. The molecule has 68 valence electrons. The molecule has 2 atom stereocenters. The fourth-order valence-electron chi connectivity index (χ4n) is 1.65. The first-order valence-corrected chi connectivity index (χ1v) is 4.55. The van der Waals surface area contributed by atoms with Gasteiger partial charge in [-0.2, -0.15) is 5.26 Å². The van der Waals surface area contributed by atoms with Gasteiger partial charge in [0.05, 0.1) is 6.07 Å². The first kappa shape index (κ1) is 9.50. The van der Waals surface area contributed by atoms with Gasteiger partial charge in [-0.3, -0.25) is 0 Å². The highest BCUT2D eigenvalue weighted by Gasteiger charge is 2.20. The zero-order valence-electron chi connectivity index (χ0n) is 7.88. The van der Waals surface area contributed by atoms with Crippen LogP contribution in [-0.2, 0) is 0 Å². The molecule has 0 spiro atoms. The van der Waals surface area contributed by atoms with Crippen LogP contribution in [0.5, 0.6) is 0 Å². The second-order valence-corrected chi connectivity index (χ2v) is 3.62. The molecule has 1 aliphatic heterocycles. The summed E-state index contributed by atoms with van der Waals surface area (Å²) in [5, 5.41) is 11.7. The Balaban J connectivity index is 2.27. The molecule has 0 amide bonds. The quantitative estimate of drug-likeness (QED) is 0.663. The van der Waals surface area contributed by atoms with Crippen molar-refractivity contribution in [2.75, 3.05) is 26.7 Å². The summed E-state index contributed by atoms with van der Waals surface area (Å²) in [4.78, 5) is 2.36. The van der Waals surface area contributed by atoms with Crippen molar-refractivity contribution in [3.63, 3.8) is 0 Å². The second kappa shape index (κ2) is 4.44. The Labute approximate surface area is 74.4 Å². The molecular weight excluding hydrogens is 150 g/mol. The summed E-state index contributed by atoms with van der Waals surface area (Å²) in [7, 11) is 1.84. The van der Waals surface area contributed by atoms with Gasteiger partial charge in [0.25, 0.3) is 0 Å². The number of nitriles is 1. The number of likely N-dealkylation sites (tertiary alicyclic amines) is 1. The lowest BCUT2D eigenvalue weighted by atomic mass is 10.2. The lowest BCUT2D eigenvalue weighted by Crippen LogP contribution is -2.37. The zero-order chi connectivity index (χ0) is 8.97. The Morgan fingerprint density at radius 2 is 2.50 bits per heavy atom. The SMILES string of the molecule is CNC(C#N)CN1CCC(C)C1. The number of nitrogens with one attached hydrogen (secondary N) is 1. The monoisotopic (exact) mass is 167 g/mol. The Hall–Kier alpha value is -0.590. The summed E-state index contributed by atoms with van der Waals surface area (Å²) in [6.07, 6.45) is 1.28. The van der Waals surface area contributed by atoms with Crippen LogP contribution in [0.3, 0.4) is 0 Å². The van der Waals surface area contributed by atoms with Crippen LogP contribution in [0.1, 0.15) is 13.3 Å². The van der Waals surface area contributed by atoms with Gasteiger partial charge in [-0.05, 0) is 25.9 Å². The topological polar surface area (TPSA) is 39.1 Å². The van der Waals surface area contributed by atoms with E-state index in [0.29, 0.717) is 0 Å². The van der Waals surface area contributed by atoms with Crippen LogP contribution in [0.15, 0.2) is 0 Å². The minimum absolute atomic E-state index is 0.00435. The number of nitrogens with zero attached hydrogens (tertiary/aromatic N) is 2. The fraction of sp³-hybridized carbons (Fsp3) is 0.889. The highest BCUT2D eigenvalue weighted by molar-refractivity contribution is 4.92. The van der Waals surface area contributed by atoms with Gasteiger partial charge in [-0.25, -0.2) is 0 Å². The van der Waals surface area contributed by atoms with Crippen LogP contribution in [0.4, 0.5) is 0 Å². The molecule has 2 unspecified atom stereocenters. The van der Waals surface area contributed by atoms with Crippen molar-refractivity contribution in [2.24, 2.45) is 5.92 Å². The molecule has 3 nitrogen and oxygen atoms in total. The van der Waals surface area contributed by atoms with Crippen LogP contribution >= 0.6 is 0 Å². The zero-order valence-corrected chi connectivity index (χ0v) is 7.88. The van der Waals surface area contributed by atoms with Gasteiger partial charge in [0.15, 0.2) is 0 Å². The lowest BCUT2D eigenvalue weighted by molar-refractivity contribution is 0.310. The van der Waals surface area contributed by atoms with E-state index in [1.54, 1.807) is 0 Å². The maximum absolute atomic E-state index is 8.71. The average Bonchev–Trinajstić information content (AvgIpc) is 2.47. The molecule has 0 radical (unpaired) electrons. The van der Waals surface area contributed by atoms with Crippen molar-refractivity contribution in [1.82, 2.24) is 10.2 Å². The first-order valence-electron chi connectivity index (χ1n) is 4.55. The molecule has 0 aromatic heterocycles. The van der Waals surface area contributed by atoms with Crippen LogP contribution < -0.4 is 5.32 Å². The van der Waals surface area contributed by atoms with E-state index in [1.807, 2.05) is 7.05 Å². The predicted molar refractivity (Wildman–Crippen MR) is 48.7 cm³/mol. The molecule has 0 aliphatic carbocycles. The summed E-state index contributed by atoms with van der Waals surface area (Å²) in [5.74, 6) is 0.807. The normalized spacial score (nSPS) is 26.9. The van der Waals surface area contributed by atoms with Crippen LogP contribution in [0.2, 0.25) is 0 Å². The van der Waals surface area contributed by atoms with Gasteiger partial charge in [-0.1, -0.05) is 6.92 Å². The predicted octanol–water partition coefficient (Wildman–Crippen LogP) is 0.440. The van der Waals surface area contributed by atoms with E-state index in [9.17, 15) is 0 Å². The van der Waals surface area contributed by atoms with E-state index >= 15 is 0 Å². The van der Waals surface area contributed by atoms with Gasteiger partial charge in [0.1, 0.15) is 6.04 Å². The molecule has 12 heavy (non-hydrogen) atoms. The number of hydrogen-bond acceptors (Lipinski definition) is 3.